The summed E-state index contributed by atoms with van der Waals surface area (Å²) in [4.78, 5) is 7.07. The molecule has 0 radical (unpaired) electrons. The van der Waals surface area contributed by atoms with Crippen LogP contribution in [0.25, 0.3) is 0 Å². The number of rotatable bonds is 8. The summed E-state index contributed by atoms with van der Waals surface area (Å²) in [6, 6.07) is 17.5. The molecule has 0 spiro atoms. The lowest BCUT2D eigenvalue weighted by Crippen LogP contribution is -2.47. The number of hydrogen-bond donors (Lipinski definition) is 2. The second kappa shape index (κ2) is 13.0. The number of likely N-dealkylation sites (tertiary alicyclic amines) is 1. The van der Waals surface area contributed by atoms with Gasteiger partial charge in [0.2, 0.25) is 10.0 Å². The van der Waals surface area contributed by atoms with Crippen molar-refractivity contribution >= 4 is 40.0 Å². The van der Waals surface area contributed by atoms with Crippen molar-refractivity contribution in [2.45, 2.75) is 38.2 Å². The summed E-state index contributed by atoms with van der Waals surface area (Å²) in [6.45, 7) is 5.10. The van der Waals surface area contributed by atoms with Gasteiger partial charge >= 0.3 is 0 Å². The number of para-hydroxylation sites is 1. The van der Waals surface area contributed by atoms with Crippen molar-refractivity contribution in [1.82, 2.24) is 14.9 Å². The Bertz CT molecular complexity index is 962. The number of benzene rings is 2. The largest absolute Gasteiger partial charge is 0.490 e. The molecule has 1 aliphatic rings. The van der Waals surface area contributed by atoms with Gasteiger partial charge in [-0.05, 0) is 37.2 Å². The van der Waals surface area contributed by atoms with Crippen molar-refractivity contribution in [1.29, 1.82) is 0 Å². The highest BCUT2D eigenvalue weighted by Gasteiger charge is 2.22. The molecule has 2 aromatic rings. The standard InChI is InChI=1S/C23H32N4O3S.HI/c1-3-25-23(26-17-19-8-7-9-20(16-19)18-31(28,29)24-2)27-14-12-22(13-15-27)30-21-10-5-4-6-11-21;/h4-11,16,22,24H,3,12-15,17-18H2,1-2H3,(H,25,26);1H. The van der Waals surface area contributed by atoms with Crippen molar-refractivity contribution < 1.29 is 13.2 Å². The van der Waals surface area contributed by atoms with Gasteiger partial charge in [-0.15, -0.1) is 24.0 Å². The minimum atomic E-state index is -3.29. The molecule has 0 bridgehead atoms. The zero-order valence-corrected chi connectivity index (χ0v) is 21.8. The summed E-state index contributed by atoms with van der Waals surface area (Å²) < 4.78 is 32.1. The van der Waals surface area contributed by atoms with Gasteiger partial charge in [0, 0.05) is 32.5 Å². The van der Waals surface area contributed by atoms with Crippen LogP contribution in [0.1, 0.15) is 30.9 Å². The van der Waals surface area contributed by atoms with Crippen LogP contribution in [0.3, 0.4) is 0 Å². The highest BCUT2D eigenvalue weighted by Crippen LogP contribution is 2.19. The number of sulfonamides is 1. The van der Waals surface area contributed by atoms with Crippen LogP contribution in [0, 0.1) is 0 Å². The molecule has 2 aromatic carbocycles. The number of ether oxygens (including phenoxy) is 1. The van der Waals surface area contributed by atoms with E-state index in [0.717, 1.165) is 55.3 Å². The fourth-order valence-corrected chi connectivity index (χ4v) is 4.34. The molecule has 1 heterocycles. The van der Waals surface area contributed by atoms with E-state index in [4.69, 9.17) is 9.73 Å². The minimum absolute atomic E-state index is 0. The van der Waals surface area contributed by atoms with Gasteiger partial charge in [-0.25, -0.2) is 18.1 Å². The minimum Gasteiger partial charge on any atom is -0.490 e. The SMILES string of the molecule is CCNC(=NCc1cccc(CS(=O)(=O)NC)c1)N1CCC(Oc2ccccc2)CC1.I. The van der Waals surface area contributed by atoms with Gasteiger partial charge in [-0.1, -0.05) is 42.5 Å². The lowest BCUT2D eigenvalue weighted by atomic mass is 10.1. The Kier molecular flexibility index (Phi) is 10.7. The van der Waals surface area contributed by atoms with Crippen molar-refractivity contribution in [3.05, 3.63) is 65.7 Å². The first-order valence-corrected chi connectivity index (χ1v) is 12.4. The van der Waals surface area contributed by atoms with E-state index in [1.54, 1.807) is 0 Å². The zero-order chi connectivity index (χ0) is 22.1. The Labute approximate surface area is 208 Å². The Balaban J connectivity index is 0.00000363. The second-order valence-corrected chi connectivity index (χ2v) is 9.50. The Morgan fingerprint density at radius 3 is 2.44 bits per heavy atom. The smallest absolute Gasteiger partial charge is 0.215 e. The molecule has 9 heteroatoms. The lowest BCUT2D eigenvalue weighted by molar-refractivity contribution is 0.129. The summed E-state index contributed by atoms with van der Waals surface area (Å²) in [7, 11) is -1.86. The summed E-state index contributed by atoms with van der Waals surface area (Å²) in [5.74, 6) is 1.77. The van der Waals surface area contributed by atoms with Crippen molar-refractivity contribution in [3.63, 3.8) is 0 Å². The topological polar surface area (TPSA) is 83.0 Å². The van der Waals surface area contributed by atoms with E-state index in [1.165, 1.54) is 7.05 Å². The maximum Gasteiger partial charge on any atom is 0.215 e. The average Bonchev–Trinajstić information content (AvgIpc) is 2.78. The molecule has 0 saturated carbocycles. The molecule has 1 saturated heterocycles. The summed E-state index contributed by atoms with van der Waals surface area (Å²) in [6.07, 6.45) is 2.10. The third-order valence-electron chi connectivity index (χ3n) is 5.19. The summed E-state index contributed by atoms with van der Waals surface area (Å²) in [5.41, 5.74) is 1.74. The first-order valence-electron chi connectivity index (χ1n) is 10.7. The van der Waals surface area contributed by atoms with Crippen LogP contribution in [0.5, 0.6) is 5.75 Å². The van der Waals surface area contributed by atoms with Gasteiger partial charge in [0.05, 0.1) is 12.3 Å². The molecule has 0 unspecified atom stereocenters. The fourth-order valence-electron chi connectivity index (χ4n) is 3.58. The molecule has 0 aliphatic carbocycles. The van der Waals surface area contributed by atoms with E-state index in [2.05, 4.69) is 21.9 Å². The van der Waals surface area contributed by atoms with Crippen LogP contribution in [0.4, 0.5) is 0 Å². The zero-order valence-electron chi connectivity index (χ0n) is 18.7. The molecule has 2 N–H and O–H groups in total. The number of guanidine groups is 1. The lowest BCUT2D eigenvalue weighted by Gasteiger charge is -2.34. The van der Waals surface area contributed by atoms with Crippen LogP contribution in [0.2, 0.25) is 0 Å². The fraction of sp³-hybridized carbons (Fsp3) is 0.435. The molecule has 176 valence electrons. The normalized spacial score (nSPS) is 15.2. The van der Waals surface area contributed by atoms with E-state index in [1.807, 2.05) is 54.6 Å². The molecular weight excluding hydrogens is 539 g/mol. The third-order valence-corrected chi connectivity index (χ3v) is 6.53. The summed E-state index contributed by atoms with van der Waals surface area (Å²) in [5, 5.41) is 3.38. The summed E-state index contributed by atoms with van der Waals surface area (Å²) >= 11 is 0. The quantitative estimate of drug-likeness (QED) is 0.288. The average molecular weight is 573 g/mol. The highest BCUT2D eigenvalue weighted by atomic mass is 127. The van der Waals surface area contributed by atoms with Gasteiger partial charge in [0.25, 0.3) is 0 Å². The molecule has 0 amide bonds. The molecular formula is C23H33IN4O3S. The number of nitrogens with one attached hydrogen (secondary N) is 2. The van der Waals surface area contributed by atoms with E-state index < -0.39 is 10.0 Å². The van der Waals surface area contributed by atoms with Crippen LogP contribution < -0.4 is 14.8 Å². The van der Waals surface area contributed by atoms with Crippen molar-refractivity contribution in [2.24, 2.45) is 4.99 Å². The van der Waals surface area contributed by atoms with Gasteiger partial charge in [-0.3, -0.25) is 0 Å². The first-order chi connectivity index (χ1) is 15.0. The molecule has 0 aromatic heterocycles. The monoisotopic (exact) mass is 572 g/mol. The molecule has 32 heavy (non-hydrogen) atoms. The van der Waals surface area contributed by atoms with Crippen molar-refractivity contribution in [2.75, 3.05) is 26.7 Å². The van der Waals surface area contributed by atoms with Gasteiger partial charge in [-0.2, -0.15) is 0 Å². The Hall–Kier alpha value is -1.85. The number of nitrogens with zero attached hydrogens (tertiary/aromatic N) is 2. The maximum atomic E-state index is 11.8. The number of hydrogen-bond acceptors (Lipinski definition) is 4. The maximum absolute atomic E-state index is 11.8. The Morgan fingerprint density at radius 2 is 1.78 bits per heavy atom. The number of piperidine rings is 1. The van der Waals surface area contributed by atoms with Crippen LogP contribution >= 0.6 is 24.0 Å². The van der Waals surface area contributed by atoms with Gasteiger partial charge in [0.1, 0.15) is 11.9 Å². The molecule has 3 rings (SSSR count). The van der Waals surface area contributed by atoms with Crippen LogP contribution in [-0.2, 0) is 22.3 Å². The van der Waals surface area contributed by atoms with Gasteiger partial charge < -0.3 is 15.0 Å². The molecule has 1 fully saturated rings. The van der Waals surface area contributed by atoms with E-state index in [9.17, 15) is 8.42 Å². The van der Waals surface area contributed by atoms with Crippen LogP contribution in [0.15, 0.2) is 59.6 Å². The molecule has 7 nitrogen and oxygen atoms in total. The highest BCUT2D eigenvalue weighted by molar-refractivity contribution is 14.0. The number of aliphatic imine (C=N–C) groups is 1. The van der Waals surface area contributed by atoms with Crippen LogP contribution in [-0.4, -0.2) is 52.1 Å². The first kappa shape index (κ1) is 26.4. The molecule has 1 aliphatic heterocycles. The Morgan fingerprint density at radius 1 is 1.09 bits per heavy atom. The van der Waals surface area contributed by atoms with E-state index in [-0.39, 0.29) is 35.8 Å². The van der Waals surface area contributed by atoms with E-state index in [0.29, 0.717) is 6.54 Å². The van der Waals surface area contributed by atoms with E-state index >= 15 is 0 Å². The number of halogens is 1. The third kappa shape index (κ3) is 8.25. The van der Waals surface area contributed by atoms with Crippen molar-refractivity contribution in [3.8, 4) is 5.75 Å². The molecule has 0 atom stereocenters. The van der Waals surface area contributed by atoms with Gasteiger partial charge in [0.15, 0.2) is 5.96 Å². The predicted octanol–water partition coefficient (Wildman–Crippen LogP) is 3.36. The second-order valence-electron chi connectivity index (χ2n) is 7.57. The predicted molar refractivity (Wildman–Crippen MR) is 140 cm³/mol.